The van der Waals surface area contributed by atoms with Gasteiger partial charge in [-0.1, -0.05) is 17.7 Å². The lowest BCUT2D eigenvalue weighted by Crippen LogP contribution is -2.00. The van der Waals surface area contributed by atoms with Crippen LogP contribution in [-0.2, 0) is 0 Å². The highest BCUT2D eigenvalue weighted by molar-refractivity contribution is 5.91. The van der Waals surface area contributed by atoms with Gasteiger partial charge in [-0.2, -0.15) is 0 Å². The summed E-state index contributed by atoms with van der Waals surface area (Å²) < 4.78 is 14.1. The first-order valence-electron chi connectivity index (χ1n) is 6.81. The lowest BCUT2D eigenvalue weighted by atomic mass is 10.1. The number of hydrogen-bond donors (Lipinski definition) is 1. The van der Waals surface area contributed by atoms with Crippen molar-refractivity contribution < 1.29 is 4.39 Å². The molecule has 4 heteroatoms. The molecule has 0 radical (unpaired) electrons. The molecule has 0 amide bonds. The van der Waals surface area contributed by atoms with Crippen LogP contribution < -0.4 is 5.32 Å². The highest BCUT2D eigenvalue weighted by Gasteiger charge is 2.12. The Labute approximate surface area is 122 Å². The second-order valence-corrected chi connectivity index (χ2v) is 5.15. The molecule has 0 spiro atoms. The van der Waals surface area contributed by atoms with E-state index in [2.05, 4.69) is 15.3 Å². The van der Waals surface area contributed by atoms with Crippen molar-refractivity contribution in [3.05, 3.63) is 53.3 Å². The maximum Gasteiger partial charge on any atom is 0.165 e. The van der Waals surface area contributed by atoms with Gasteiger partial charge in [-0.3, -0.25) is 0 Å². The molecule has 0 bridgehead atoms. The van der Waals surface area contributed by atoms with Gasteiger partial charge in [0.15, 0.2) is 5.82 Å². The lowest BCUT2D eigenvalue weighted by Gasteiger charge is -2.09. The minimum Gasteiger partial charge on any atom is -0.373 e. The fraction of sp³-hybridized carbons (Fsp3) is 0.176. The van der Waals surface area contributed by atoms with E-state index < -0.39 is 0 Å². The van der Waals surface area contributed by atoms with E-state index in [-0.39, 0.29) is 5.82 Å². The third kappa shape index (κ3) is 2.44. The number of fused-ring (bicyclic) bond motifs is 1. The van der Waals surface area contributed by atoms with Crippen LogP contribution in [0.25, 0.3) is 22.3 Å². The van der Waals surface area contributed by atoms with Crippen LogP contribution in [0.1, 0.15) is 11.1 Å². The highest BCUT2D eigenvalue weighted by atomic mass is 19.1. The Morgan fingerprint density at radius 1 is 0.952 bits per heavy atom. The summed E-state index contributed by atoms with van der Waals surface area (Å²) in [7, 11) is 1.80. The molecule has 0 unspecified atom stereocenters. The standard InChI is InChI=1S/C17H16FN3/c1-10-5-7-15-13(8-10)16(19-3)21-17(20-15)12-6-4-11(2)9-14(12)18/h4-9H,1-3H3,(H,19,20,21). The molecule has 0 saturated carbocycles. The molecule has 1 aromatic heterocycles. The van der Waals surface area contributed by atoms with Gasteiger partial charge in [0, 0.05) is 12.4 Å². The van der Waals surface area contributed by atoms with Gasteiger partial charge < -0.3 is 5.32 Å². The number of nitrogens with zero attached hydrogens (tertiary/aromatic N) is 2. The second-order valence-electron chi connectivity index (χ2n) is 5.15. The van der Waals surface area contributed by atoms with Crippen LogP contribution in [-0.4, -0.2) is 17.0 Å². The molecule has 1 heterocycles. The number of aryl methyl sites for hydroxylation is 2. The van der Waals surface area contributed by atoms with Gasteiger partial charge in [0.25, 0.3) is 0 Å². The first-order valence-corrected chi connectivity index (χ1v) is 6.81. The second kappa shape index (κ2) is 5.13. The maximum absolute atomic E-state index is 14.1. The van der Waals surface area contributed by atoms with E-state index >= 15 is 0 Å². The van der Waals surface area contributed by atoms with Gasteiger partial charge in [-0.25, -0.2) is 14.4 Å². The summed E-state index contributed by atoms with van der Waals surface area (Å²) >= 11 is 0. The van der Waals surface area contributed by atoms with E-state index in [1.165, 1.54) is 6.07 Å². The average molecular weight is 281 g/mol. The fourth-order valence-electron chi connectivity index (χ4n) is 2.35. The molecule has 0 fully saturated rings. The molecule has 1 N–H and O–H groups in total. The number of halogens is 1. The maximum atomic E-state index is 14.1. The van der Waals surface area contributed by atoms with E-state index in [9.17, 15) is 4.39 Å². The van der Waals surface area contributed by atoms with Gasteiger partial charge in [0.05, 0.1) is 11.1 Å². The summed E-state index contributed by atoms with van der Waals surface area (Å²) in [5, 5.41) is 4.00. The van der Waals surface area contributed by atoms with Crippen LogP contribution in [0.4, 0.5) is 10.2 Å². The number of benzene rings is 2. The van der Waals surface area contributed by atoms with Crippen molar-refractivity contribution in [2.75, 3.05) is 12.4 Å². The number of rotatable bonds is 2. The van der Waals surface area contributed by atoms with Gasteiger partial charge in [0.2, 0.25) is 0 Å². The van der Waals surface area contributed by atoms with Gasteiger partial charge >= 0.3 is 0 Å². The van der Waals surface area contributed by atoms with E-state index in [0.29, 0.717) is 17.2 Å². The first-order chi connectivity index (χ1) is 10.1. The van der Waals surface area contributed by atoms with E-state index in [1.54, 1.807) is 13.1 Å². The molecule has 3 aromatic rings. The summed E-state index contributed by atoms with van der Waals surface area (Å²) in [4.78, 5) is 8.95. The quantitative estimate of drug-likeness (QED) is 0.768. The average Bonchev–Trinajstić information content (AvgIpc) is 2.46. The minimum absolute atomic E-state index is 0.302. The van der Waals surface area contributed by atoms with E-state index in [1.807, 2.05) is 38.1 Å². The summed E-state index contributed by atoms with van der Waals surface area (Å²) in [5.41, 5.74) is 3.23. The van der Waals surface area contributed by atoms with E-state index in [0.717, 1.165) is 22.0 Å². The molecule has 3 rings (SSSR count). The highest BCUT2D eigenvalue weighted by Crippen LogP contribution is 2.27. The predicted molar refractivity (Wildman–Crippen MR) is 84.0 cm³/mol. The molecule has 2 aromatic carbocycles. The third-order valence-electron chi connectivity index (χ3n) is 3.45. The molecule has 106 valence electrons. The monoisotopic (exact) mass is 281 g/mol. The molecular formula is C17H16FN3. The molecular weight excluding hydrogens is 265 g/mol. The molecule has 0 atom stereocenters. The number of aromatic nitrogens is 2. The molecule has 21 heavy (non-hydrogen) atoms. The van der Waals surface area contributed by atoms with Crippen molar-refractivity contribution in [3.63, 3.8) is 0 Å². The smallest absolute Gasteiger partial charge is 0.165 e. The minimum atomic E-state index is -0.302. The first kappa shape index (κ1) is 13.5. The molecule has 0 aliphatic rings. The normalized spacial score (nSPS) is 10.9. The van der Waals surface area contributed by atoms with Crippen LogP contribution in [0.5, 0.6) is 0 Å². The van der Waals surface area contributed by atoms with Crippen LogP contribution in [0, 0.1) is 19.7 Å². The SMILES string of the molecule is CNc1nc(-c2ccc(C)cc2F)nc2ccc(C)cc12. The summed E-state index contributed by atoms with van der Waals surface area (Å²) in [6.45, 7) is 3.88. The largest absolute Gasteiger partial charge is 0.373 e. The van der Waals surface area contributed by atoms with Crippen molar-refractivity contribution >= 4 is 16.7 Å². The molecule has 0 aliphatic carbocycles. The van der Waals surface area contributed by atoms with Crippen LogP contribution in [0.2, 0.25) is 0 Å². The Morgan fingerprint density at radius 2 is 1.67 bits per heavy atom. The Bertz CT molecular complexity index is 828. The molecule has 3 nitrogen and oxygen atoms in total. The lowest BCUT2D eigenvalue weighted by molar-refractivity contribution is 0.629. The third-order valence-corrected chi connectivity index (χ3v) is 3.45. The Morgan fingerprint density at radius 3 is 2.38 bits per heavy atom. The summed E-state index contributed by atoms with van der Waals surface area (Å²) in [5.74, 6) is 0.801. The zero-order valence-electron chi connectivity index (χ0n) is 12.2. The van der Waals surface area contributed by atoms with E-state index in [4.69, 9.17) is 0 Å². The zero-order valence-corrected chi connectivity index (χ0v) is 12.2. The number of hydrogen-bond acceptors (Lipinski definition) is 3. The van der Waals surface area contributed by atoms with Gasteiger partial charge in [-0.05, 0) is 43.7 Å². The Kier molecular flexibility index (Phi) is 3.29. The van der Waals surface area contributed by atoms with Crippen molar-refractivity contribution in [1.82, 2.24) is 9.97 Å². The van der Waals surface area contributed by atoms with Crippen molar-refractivity contribution in [3.8, 4) is 11.4 Å². The predicted octanol–water partition coefficient (Wildman–Crippen LogP) is 4.09. The van der Waals surface area contributed by atoms with Crippen molar-refractivity contribution in [2.24, 2.45) is 0 Å². The van der Waals surface area contributed by atoms with Crippen LogP contribution >= 0.6 is 0 Å². The van der Waals surface area contributed by atoms with Gasteiger partial charge in [0.1, 0.15) is 11.6 Å². The van der Waals surface area contributed by atoms with Crippen molar-refractivity contribution in [1.29, 1.82) is 0 Å². The molecule has 0 aliphatic heterocycles. The summed E-state index contributed by atoms with van der Waals surface area (Å²) in [6.07, 6.45) is 0. The molecule has 0 saturated heterocycles. The number of nitrogens with one attached hydrogen (secondary N) is 1. The topological polar surface area (TPSA) is 37.8 Å². The van der Waals surface area contributed by atoms with Gasteiger partial charge in [-0.15, -0.1) is 0 Å². The Balaban J connectivity index is 2.26. The Hall–Kier alpha value is -2.49. The number of anilines is 1. The van der Waals surface area contributed by atoms with Crippen LogP contribution in [0.3, 0.4) is 0 Å². The fourth-order valence-corrected chi connectivity index (χ4v) is 2.35. The summed E-state index contributed by atoms with van der Waals surface area (Å²) in [6, 6.07) is 11.0. The van der Waals surface area contributed by atoms with Crippen molar-refractivity contribution in [2.45, 2.75) is 13.8 Å². The van der Waals surface area contributed by atoms with Crippen LogP contribution in [0.15, 0.2) is 36.4 Å². The zero-order chi connectivity index (χ0) is 15.0.